The number of Topliss-reactive ketones (excluding diaryl/α,β-unsaturated/α-hetero) is 1. The molecule has 0 radical (unpaired) electrons. The van der Waals surface area contributed by atoms with Gasteiger partial charge in [-0.05, 0) is 20.8 Å². The lowest BCUT2D eigenvalue weighted by Gasteiger charge is -2.08. The molecule has 2 N–H and O–H groups in total. The number of carbonyl (C=O) groups excluding carboxylic acids is 1. The summed E-state index contributed by atoms with van der Waals surface area (Å²) in [4.78, 5) is 10.9. The summed E-state index contributed by atoms with van der Waals surface area (Å²) in [5, 5.41) is 1.94. The Labute approximate surface area is 87.3 Å². The van der Waals surface area contributed by atoms with Gasteiger partial charge >= 0.3 is 0 Å². The van der Waals surface area contributed by atoms with Gasteiger partial charge in [-0.2, -0.15) is 0 Å². The molecule has 0 fully saturated rings. The van der Waals surface area contributed by atoms with Crippen LogP contribution < -0.4 is 5.73 Å². The molecule has 1 rings (SSSR count). The van der Waals surface area contributed by atoms with Crippen molar-refractivity contribution in [2.24, 2.45) is 5.73 Å². The average Bonchev–Trinajstić information content (AvgIpc) is 2.44. The first-order valence-corrected chi connectivity index (χ1v) is 5.76. The summed E-state index contributed by atoms with van der Waals surface area (Å²) in [5.41, 5.74) is 5.53. The van der Waals surface area contributed by atoms with Crippen LogP contribution in [-0.4, -0.2) is 24.7 Å². The fourth-order valence-electron chi connectivity index (χ4n) is 1.23. The van der Waals surface area contributed by atoms with Crippen molar-refractivity contribution in [1.82, 2.24) is 5.16 Å². The molecule has 1 unspecified atom stereocenters. The number of carbonyl (C=O) groups is 1. The Morgan fingerprint density at radius 1 is 1.47 bits per heavy atom. The predicted octanol–water partition coefficient (Wildman–Crippen LogP) is -0.0611. The average molecular weight is 232 g/mol. The first kappa shape index (κ1) is 11.9. The highest BCUT2D eigenvalue weighted by molar-refractivity contribution is 7.92. The highest BCUT2D eigenvalue weighted by Crippen LogP contribution is 2.22. The molecule has 6 nitrogen and oxygen atoms in total. The number of sulfone groups is 1. The SMILES string of the molecule is CC(=O)C(N)S(=O)(=O)c1c(C)noc1C. The van der Waals surface area contributed by atoms with E-state index in [1.807, 2.05) is 0 Å². The topological polar surface area (TPSA) is 103 Å². The number of aryl methyl sites for hydroxylation is 2. The third-order valence-electron chi connectivity index (χ3n) is 1.99. The van der Waals surface area contributed by atoms with E-state index in [1.54, 1.807) is 0 Å². The largest absolute Gasteiger partial charge is 0.360 e. The number of rotatable bonds is 3. The maximum atomic E-state index is 11.8. The van der Waals surface area contributed by atoms with E-state index in [0.29, 0.717) is 0 Å². The summed E-state index contributed by atoms with van der Waals surface area (Å²) < 4.78 is 28.4. The third kappa shape index (κ3) is 1.93. The molecule has 0 bridgehead atoms. The number of nitrogens with zero attached hydrogens (tertiary/aromatic N) is 1. The second-order valence-electron chi connectivity index (χ2n) is 3.23. The van der Waals surface area contributed by atoms with Crippen molar-refractivity contribution >= 4 is 15.6 Å². The molecule has 1 aromatic heterocycles. The van der Waals surface area contributed by atoms with Crippen LogP contribution in [0.4, 0.5) is 0 Å². The van der Waals surface area contributed by atoms with Gasteiger partial charge in [-0.1, -0.05) is 5.16 Å². The van der Waals surface area contributed by atoms with Gasteiger partial charge in [0.05, 0.1) is 5.69 Å². The first-order chi connectivity index (χ1) is 6.78. The van der Waals surface area contributed by atoms with Gasteiger partial charge < -0.3 is 10.3 Å². The van der Waals surface area contributed by atoms with E-state index in [-0.39, 0.29) is 16.3 Å². The predicted molar refractivity (Wildman–Crippen MR) is 51.8 cm³/mol. The molecule has 7 heteroatoms. The third-order valence-corrected chi connectivity index (χ3v) is 4.14. The molecule has 0 amide bonds. The molecule has 0 aromatic carbocycles. The number of aromatic nitrogens is 1. The van der Waals surface area contributed by atoms with Crippen molar-refractivity contribution in [3.8, 4) is 0 Å². The van der Waals surface area contributed by atoms with Crippen LogP contribution in [0.25, 0.3) is 0 Å². The quantitative estimate of drug-likeness (QED) is 0.783. The van der Waals surface area contributed by atoms with Gasteiger partial charge in [-0.15, -0.1) is 0 Å². The minimum atomic E-state index is -3.88. The van der Waals surface area contributed by atoms with E-state index in [0.717, 1.165) is 6.92 Å². The molecule has 1 heterocycles. The molecular weight excluding hydrogens is 220 g/mol. The van der Waals surface area contributed by atoms with Crippen molar-refractivity contribution in [1.29, 1.82) is 0 Å². The lowest BCUT2D eigenvalue weighted by molar-refractivity contribution is -0.116. The number of hydrogen-bond acceptors (Lipinski definition) is 6. The van der Waals surface area contributed by atoms with Gasteiger partial charge in [0.15, 0.2) is 16.9 Å². The van der Waals surface area contributed by atoms with E-state index < -0.39 is 21.0 Å². The Morgan fingerprint density at radius 3 is 2.33 bits per heavy atom. The summed E-state index contributed by atoms with van der Waals surface area (Å²) in [6.07, 6.45) is 0. The highest BCUT2D eigenvalue weighted by atomic mass is 32.2. The summed E-state index contributed by atoms with van der Waals surface area (Å²) in [7, 11) is -3.88. The van der Waals surface area contributed by atoms with Gasteiger partial charge in [-0.3, -0.25) is 4.79 Å². The maximum absolute atomic E-state index is 11.8. The van der Waals surface area contributed by atoms with Crippen LogP contribution in [0.3, 0.4) is 0 Å². The first-order valence-electron chi connectivity index (χ1n) is 4.21. The zero-order valence-corrected chi connectivity index (χ0v) is 9.46. The molecule has 0 aliphatic rings. The summed E-state index contributed by atoms with van der Waals surface area (Å²) in [5.74, 6) is -0.473. The van der Waals surface area contributed by atoms with Crippen molar-refractivity contribution < 1.29 is 17.7 Å². The zero-order valence-electron chi connectivity index (χ0n) is 8.64. The molecule has 0 aliphatic carbocycles. The lowest BCUT2D eigenvalue weighted by atomic mass is 10.4. The fourth-order valence-corrected chi connectivity index (χ4v) is 2.80. The van der Waals surface area contributed by atoms with Crippen molar-refractivity contribution in [3.05, 3.63) is 11.5 Å². The fraction of sp³-hybridized carbons (Fsp3) is 0.500. The van der Waals surface area contributed by atoms with Gasteiger partial charge in [-0.25, -0.2) is 8.42 Å². The Balaban J connectivity index is 3.35. The van der Waals surface area contributed by atoms with Gasteiger partial charge in [0, 0.05) is 0 Å². The Hall–Kier alpha value is -1.21. The van der Waals surface area contributed by atoms with Gasteiger partial charge in [0.25, 0.3) is 0 Å². The second-order valence-corrected chi connectivity index (χ2v) is 5.24. The molecule has 0 aliphatic heterocycles. The Kier molecular flexibility index (Phi) is 2.96. The minimum Gasteiger partial charge on any atom is -0.360 e. The van der Waals surface area contributed by atoms with E-state index in [9.17, 15) is 13.2 Å². The van der Waals surface area contributed by atoms with Crippen LogP contribution in [0, 0.1) is 13.8 Å². The van der Waals surface area contributed by atoms with Crippen LogP contribution in [0.2, 0.25) is 0 Å². The summed E-state index contributed by atoms with van der Waals surface area (Å²) >= 11 is 0. The second kappa shape index (κ2) is 3.74. The molecule has 0 saturated carbocycles. The maximum Gasteiger partial charge on any atom is 0.206 e. The molecule has 1 atom stereocenters. The van der Waals surface area contributed by atoms with Crippen molar-refractivity contribution in [2.75, 3.05) is 0 Å². The summed E-state index contributed by atoms with van der Waals surface area (Å²) in [6, 6.07) is 0. The van der Waals surface area contributed by atoms with Crippen molar-refractivity contribution in [2.45, 2.75) is 31.0 Å². The van der Waals surface area contributed by atoms with Crippen LogP contribution in [0.1, 0.15) is 18.4 Å². The lowest BCUT2D eigenvalue weighted by Crippen LogP contribution is -2.37. The highest BCUT2D eigenvalue weighted by Gasteiger charge is 2.33. The molecule has 15 heavy (non-hydrogen) atoms. The van der Waals surface area contributed by atoms with E-state index in [4.69, 9.17) is 10.3 Å². The van der Waals surface area contributed by atoms with Gasteiger partial charge in [0.2, 0.25) is 9.84 Å². The minimum absolute atomic E-state index is 0.0924. The molecule has 1 aromatic rings. The number of nitrogens with two attached hydrogens (primary N) is 1. The van der Waals surface area contributed by atoms with Gasteiger partial charge in [0.1, 0.15) is 4.90 Å². The van der Waals surface area contributed by atoms with E-state index in [1.165, 1.54) is 13.8 Å². The number of hydrogen-bond donors (Lipinski definition) is 1. The monoisotopic (exact) mass is 232 g/mol. The normalized spacial score (nSPS) is 13.9. The standard InChI is InChI=1S/C8H12N2O4S/c1-4-7(6(3)14-10-4)15(12,13)8(9)5(2)11/h8H,9H2,1-3H3. The molecule has 84 valence electrons. The van der Waals surface area contributed by atoms with Crippen LogP contribution in [-0.2, 0) is 14.6 Å². The summed E-state index contributed by atoms with van der Waals surface area (Å²) in [6.45, 7) is 4.07. The molecular formula is C8H12N2O4S. The Bertz CT molecular complexity index is 469. The van der Waals surface area contributed by atoms with E-state index in [2.05, 4.69) is 5.16 Å². The molecule has 0 spiro atoms. The van der Waals surface area contributed by atoms with Crippen LogP contribution >= 0.6 is 0 Å². The van der Waals surface area contributed by atoms with Crippen molar-refractivity contribution in [3.63, 3.8) is 0 Å². The molecule has 0 saturated heterocycles. The van der Waals surface area contributed by atoms with E-state index >= 15 is 0 Å². The Morgan fingerprint density at radius 2 is 2.00 bits per heavy atom. The number of ketones is 1. The smallest absolute Gasteiger partial charge is 0.206 e. The zero-order chi connectivity index (χ0) is 11.8. The van der Waals surface area contributed by atoms with Crippen LogP contribution in [0.15, 0.2) is 9.42 Å². The van der Waals surface area contributed by atoms with Crippen LogP contribution in [0.5, 0.6) is 0 Å².